The molecule has 0 heterocycles. The van der Waals surface area contributed by atoms with E-state index in [-0.39, 0.29) is 12.8 Å². The second-order valence-electron chi connectivity index (χ2n) is 7.57. The Morgan fingerprint density at radius 3 is 1.73 bits per heavy atom. The fourth-order valence-electron chi connectivity index (χ4n) is 2.54. The maximum atomic E-state index is 12.7. The number of hydrogen-bond acceptors (Lipinski definition) is 8. The van der Waals surface area contributed by atoms with Crippen molar-refractivity contribution in [1.82, 2.24) is 16.0 Å². The predicted molar refractivity (Wildman–Crippen MR) is 111 cm³/mol. The third kappa shape index (κ3) is 11.4. The number of amides is 5. The first-order valence-electron chi connectivity index (χ1n) is 9.83. The van der Waals surface area contributed by atoms with Gasteiger partial charge in [0.05, 0.1) is 18.9 Å². The summed E-state index contributed by atoms with van der Waals surface area (Å²) in [6.07, 6.45) is -1.91. The highest BCUT2D eigenvalue weighted by Gasteiger charge is 2.33. The minimum Gasteiger partial charge on any atom is -0.481 e. The molecule has 0 aromatic heterocycles. The molecule has 15 heteroatoms. The normalized spacial score (nSPS) is 14.3. The molecule has 0 bridgehead atoms. The Morgan fingerprint density at radius 1 is 0.758 bits per heavy atom. The van der Waals surface area contributed by atoms with Crippen LogP contribution in [-0.2, 0) is 33.6 Å². The van der Waals surface area contributed by atoms with Gasteiger partial charge in [-0.1, -0.05) is 13.8 Å². The molecule has 11 N–H and O–H groups in total. The minimum absolute atomic E-state index is 0.0690. The van der Waals surface area contributed by atoms with Gasteiger partial charge in [-0.05, 0) is 12.3 Å². The van der Waals surface area contributed by atoms with Crippen LogP contribution in [0.2, 0.25) is 0 Å². The summed E-state index contributed by atoms with van der Waals surface area (Å²) < 4.78 is 0. The van der Waals surface area contributed by atoms with Crippen LogP contribution in [0.5, 0.6) is 0 Å². The molecule has 0 saturated heterocycles. The van der Waals surface area contributed by atoms with Gasteiger partial charge < -0.3 is 43.4 Å². The molecule has 0 aliphatic carbocycles. The van der Waals surface area contributed by atoms with Crippen molar-refractivity contribution < 1.29 is 43.8 Å². The van der Waals surface area contributed by atoms with Gasteiger partial charge in [-0.15, -0.1) is 0 Å². The SMILES string of the molecule is CC(C)C(NC(=O)C(N)CCC(N)=O)C(=O)NC(CC(N)=O)C(=O)NC(CC(=O)O)C(=O)O. The van der Waals surface area contributed by atoms with Crippen molar-refractivity contribution >= 4 is 41.5 Å². The lowest BCUT2D eigenvalue weighted by molar-refractivity contribution is -0.147. The summed E-state index contributed by atoms with van der Waals surface area (Å²) in [4.78, 5) is 81.6. The summed E-state index contributed by atoms with van der Waals surface area (Å²) in [6, 6.07) is -5.85. The monoisotopic (exact) mass is 474 g/mol. The maximum absolute atomic E-state index is 12.7. The molecule has 186 valence electrons. The zero-order chi connectivity index (χ0) is 25.9. The Morgan fingerprint density at radius 2 is 1.30 bits per heavy atom. The first kappa shape index (κ1) is 29.2. The Kier molecular flexibility index (Phi) is 12.1. The van der Waals surface area contributed by atoms with Gasteiger partial charge in [0.25, 0.3) is 0 Å². The molecule has 0 saturated carbocycles. The van der Waals surface area contributed by atoms with Crippen LogP contribution in [0.15, 0.2) is 0 Å². The van der Waals surface area contributed by atoms with Crippen molar-refractivity contribution in [3.63, 3.8) is 0 Å². The van der Waals surface area contributed by atoms with Crippen molar-refractivity contribution in [2.75, 3.05) is 0 Å². The smallest absolute Gasteiger partial charge is 0.326 e. The number of carbonyl (C=O) groups is 7. The Bertz CT molecular complexity index is 785. The number of carboxylic acids is 2. The zero-order valence-corrected chi connectivity index (χ0v) is 18.2. The molecule has 0 spiro atoms. The van der Waals surface area contributed by atoms with Crippen LogP contribution in [0, 0.1) is 5.92 Å². The van der Waals surface area contributed by atoms with Crippen molar-refractivity contribution in [1.29, 1.82) is 0 Å². The fourth-order valence-corrected chi connectivity index (χ4v) is 2.54. The summed E-state index contributed by atoms with van der Waals surface area (Å²) in [7, 11) is 0. The predicted octanol–water partition coefficient (Wildman–Crippen LogP) is -3.88. The Labute approximate surface area is 188 Å². The quantitative estimate of drug-likeness (QED) is 0.114. The number of nitrogens with two attached hydrogens (primary N) is 3. The lowest BCUT2D eigenvalue weighted by Gasteiger charge is -2.26. The van der Waals surface area contributed by atoms with E-state index in [0.29, 0.717) is 0 Å². The van der Waals surface area contributed by atoms with Gasteiger partial charge >= 0.3 is 11.9 Å². The van der Waals surface area contributed by atoms with E-state index < -0.39 is 84.4 Å². The third-order valence-electron chi connectivity index (χ3n) is 4.32. The summed E-state index contributed by atoms with van der Waals surface area (Å²) in [5.74, 6) is -8.20. The van der Waals surface area contributed by atoms with Crippen LogP contribution in [0.1, 0.15) is 39.5 Å². The van der Waals surface area contributed by atoms with Crippen molar-refractivity contribution in [3.8, 4) is 0 Å². The molecule has 33 heavy (non-hydrogen) atoms. The molecular weight excluding hydrogens is 444 g/mol. The van der Waals surface area contributed by atoms with Crippen LogP contribution in [0.25, 0.3) is 0 Å². The largest absolute Gasteiger partial charge is 0.481 e. The number of hydrogen-bond donors (Lipinski definition) is 8. The Hall–Kier alpha value is -3.75. The van der Waals surface area contributed by atoms with Gasteiger partial charge in [-0.25, -0.2) is 4.79 Å². The number of nitrogens with one attached hydrogen (secondary N) is 3. The van der Waals surface area contributed by atoms with E-state index in [1.54, 1.807) is 13.8 Å². The standard InChI is InChI=1S/C18H30N6O9/c1-7(2)14(24-15(29)8(19)3-4-11(20)25)17(31)22-9(5-12(21)26)16(30)23-10(18(32)33)6-13(27)28/h7-10,14H,3-6,19H2,1-2H3,(H2,20,25)(H2,21,26)(H,22,31)(H,23,30)(H,24,29)(H,27,28)(H,32,33). The number of rotatable bonds is 15. The second-order valence-corrected chi connectivity index (χ2v) is 7.57. The highest BCUT2D eigenvalue weighted by molar-refractivity contribution is 5.96. The lowest BCUT2D eigenvalue weighted by atomic mass is 10.0. The highest BCUT2D eigenvalue weighted by Crippen LogP contribution is 2.06. The molecule has 4 unspecified atom stereocenters. The molecular formula is C18H30N6O9. The van der Waals surface area contributed by atoms with E-state index in [4.69, 9.17) is 27.4 Å². The minimum atomic E-state index is -1.83. The van der Waals surface area contributed by atoms with Gasteiger partial charge in [0.2, 0.25) is 29.5 Å². The van der Waals surface area contributed by atoms with Crippen LogP contribution in [0.3, 0.4) is 0 Å². The molecule has 0 aliphatic heterocycles. The first-order valence-corrected chi connectivity index (χ1v) is 9.83. The van der Waals surface area contributed by atoms with Crippen molar-refractivity contribution in [2.24, 2.45) is 23.1 Å². The van der Waals surface area contributed by atoms with Gasteiger partial charge in [-0.3, -0.25) is 28.8 Å². The summed E-state index contributed by atoms with van der Waals surface area (Å²) >= 11 is 0. The zero-order valence-electron chi connectivity index (χ0n) is 18.2. The molecule has 4 atom stereocenters. The second kappa shape index (κ2) is 13.6. The van der Waals surface area contributed by atoms with E-state index in [0.717, 1.165) is 0 Å². The number of primary amides is 2. The van der Waals surface area contributed by atoms with Gasteiger partial charge in [-0.2, -0.15) is 0 Å². The van der Waals surface area contributed by atoms with Gasteiger partial charge in [0.1, 0.15) is 18.1 Å². The number of carboxylic acid groups (broad SMARTS) is 2. The molecule has 15 nitrogen and oxygen atoms in total. The molecule has 0 aromatic rings. The summed E-state index contributed by atoms with van der Waals surface area (Å²) in [5, 5.41) is 24.3. The van der Waals surface area contributed by atoms with Crippen LogP contribution in [-0.4, -0.2) is 75.9 Å². The maximum Gasteiger partial charge on any atom is 0.326 e. The molecule has 5 amide bonds. The highest BCUT2D eigenvalue weighted by atomic mass is 16.4. The van der Waals surface area contributed by atoms with Crippen LogP contribution in [0.4, 0.5) is 0 Å². The van der Waals surface area contributed by atoms with Gasteiger partial charge in [0.15, 0.2) is 0 Å². The van der Waals surface area contributed by atoms with E-state index in [2.05, 4.69) is 10.6 Å². The average Bonchev–Trinajstić information content (AvgIpc) is 2.67. The number of carbonyl (C=O) groups excluding carboxylic acids is 5. The molecule has 0 fully saturated rings. The average molecular weight is 474 g/mol. The van der Waals surface area contributed by atoms with E-state index in [1.165, 1.54) is 0 Å². The molecule has 0 radical (unpaired) electrons. The Balaban J connectivity index is 5.44. The van der Waals surface area contributed by atoms with Crippen LogP contribution >= 0.6 is 0 Å². The fraction of sp³-hybridized carbons (Fsp3) is 0.611. The summed E-state index contributed by atoms with van der Waals surface area (Å²) in [5.41, 5.74) is 15.8. The van der Waals surface area contributed by atoms with Gasteiger partial charge in [0, 0.05) is 6.42 Å². The van der Waals surface area contributed by atoms with E-state index >= 15 is 0 Å². The van der Waals surface area contributed by atoms with Crippen molar-refractivity contribution in [3.05, 3.63) is 0 Å². The topological polar surface area (TPSA) is 274 Å². The molecule has 0 rings (SSSR count). The first-order chi connectivity index (χ1) is 15.1. The lowest BCUT2D eigenvalue weighted by Crippen LogP contribution is -2.59. The van der Waals surface area contributed by atoms with Crippen molar-refractivity contribution in [2.45, 2.75) is 63.7 Å². The van der Waals surface area contributed by atoms with E-state index in [9.17, 15) is 33.6 Å². The van der Waals surface area contributed by atoms with E-state index in [1.807, 2.05) is 5.32 Å². The molecule has 0 aromatic carbocycles. The number of aliphatic carboxylic acids is 2. The molecule has 0 aliphatic rings. The summed E-state index contributed by atoms with van der Waals surface area (Å²) in [6.45, 7) is 3.13. The van der Waals surface area contributed by atoms with Crippen LogP contribution < -0.4 is 33.2 Å². The third-order valence-corrected chi connectivity index (χ3v) is 4.32.